The van der Waals surface area contributed by atoms with Crippen LogP contribution < -0.4 is 4.74 Å². The molecule has 3 heteroatoms. The van der Waals surface area contributed by atoms with Crippen LogP contribution in [0.15, 0.2) is 54.6 Å². The number of hydrogen-bond acceptors (Lipinski definition) is 3. The number of rotatable bonds is 9. The van der Waals surface area contributed by atoms with Gasteiger partial charge in [0.05, 0.1) is 19.1 Å². The lowest BCUT2D eigenvalue weighted by molar-refractivity contribution is -0.0853. The maximum Gasteiger partial charge on any atom is 0.213 e. The molecule has 0 saturated carbocycles. The summed E-state index contributed by atoms with van der Waals surface area (Å²) in [7, 11) is 0. The Kier molecular flexibility index (Phi) is 7.16. The lowest BCUT2D eigenvalue weighted by atomic mass is 10.1. The second-order valence-electron chi connectivity index (χ2n) is 5.45. The molecule has 0 spiro atoms. The Labute approximate surface area is 138 Å². The molecular weight excluding hydrogens is 286 g/mol. The highest BCUT2D eigenvalue weighted by Crippen LogP contribution is 2.17. The molecule has 23 heavy (non-hydrogen) atoms. The molecule has 0 aliphatic carbocycles. The molecule has 0 aromatic heterocycles. The zero-order chi connectivity index (χ0) is 16.3. The first kappa shape index (κ1) is 17.1. The summed E-state index contributed by atoms with van der Waals surface area (Å²) in [5.41, 5.74) is 2.37. The van der Waals surface area contributed by atoms with Crippen molar-refractivity contribution in [3.8, 4) is 11.8 Å². The Morgan fingerprint density at radius 2 is 1.74 bits per heavy atom. The number of unbranched alkanes of at least 4 members (excludes halogenated alkanes) is 1. The molecule has 3 nitrogen and oxygen atoms in total. The molecular formula is C20H23NO2. The van der Waals surface area contributed by atoms with Gasteiger partial charge in [-0.15, -0.1) is 0 Å². The van der Waals surface area contributed by atoms with Gasteiger partial charge in [0, 0.05) is 0 Å². The van der Waals surface area contributed by atoms with Crippen LogP contribution in [0.25, 0.3) is 0 Å². The van der Waals surface area contributed by atoms with E-state index < -0.39 is 6.29 Å². The summed E-state index contributed by atoms with van der Waals surface area (Å²) >= 11 is 0. The molecule has 0 fully saturated rings. The number of aryl methyl sites for hydroxylation is 1. The fourth-order valence-electron chi connectivity index (χ4n) is 2.24. The third-order valence-electron chi connectivity index (χ3n) is 3.55. The van der Waals surface area contributed by atoms with Crippen molar-refractivity contribution in [2.45, 2.75) is 45.5 Å². The van der Waals surface area contributed by atoms with E-state index in [2.05, 4.69) is 25.1 Å². The van der Waals surface area contributed by atoms with Gasteiger partial charge >= 0.3 is 0 Å². The first-order valence-electron chi connectivity index (χ1n) is 8.10. The van der Waals surface area contributed by atoms with Gasteiger partial charge in [0.25, 0.3) is 0 Å². The summed E-state index contributed by atoms with van der Waals surface area (Å²) in [6.07, 6.45) is 3.11. The van der Waals surface area contributed by atoms with Gasteiger partial charge in [-0.05, 0) is 36.1 Å². The van der Waals surface area contributed by atoms with Crippen molar-refractivity contribution in [3.05, 3.63) is 65.7 Å². The molecule has 0 aliphatic rings. The minimum absolute atomic E-state index is 0.199. The first-order valence-corrected chi connectivity index (χ1v) is 8.10. The van der Waals surface area contributed by atoms with Crippen LogP contribution in [0.5, 0.6) is 5.75 Å². The van der Waals surface area contributed by atoms with E-state index in [4.69, 9.17) is 14.7 Å². The lowest BCUT2D eigenvalue weighted by Gasteiger charge is -2.17. The van der Waals surface area contributed by atoms with E-state index in [1.807, 2.05) is 42.5 Å². The summed E-state index contributed by atoms with van der Waals surface area (Å²) in [5, 5.41) is 8.94. The molecule has 1 unspecified atom stereocenters. The van der Waals surface area contributed by atoms with E-state index >= 15 is 0 Å². The van der Waals surface area contributed by atoms with Crippen LogP contribution in [0, 0.1) is 11.3 Å². The quantitative estimate of drug-likeness (QED) is 0.621. The molecule has 0 bridgehead atoms. The Morgan fingerprint density at radius 1 is 1.00 bits per heavy atom. The van der Waals surface area contributed by atoms with E-state index in [0.29, 0.717) is 6.61 Å². The van der Waals surface area contributed by atoms with E-state index in [9.17, 15) is 0 Å². The van der Waals surface area contributed by atoms with E-state index in [1.54, 1.807) is 0 Å². The minimum Gasteiger partial charge on any atom is -0.464 e. The lowest BCUT2D eigenvalue weighted by Crippen LogP contribution is -2.20. The highest BCUT2D eigenvalue weighted by atomic mass is 16.7. The van der Waals surface area contributed by atoms with Crippen LogP contribution in [-0.2, 0) is 17.8 Å². The number of ether oxygens (including phenoxy) is 2. The van der Waals surface area contributed by atoms with Gasteiger partial charge in [0.2, 0.25) is 6.29 Å². The number of nitriles is 1. The van der Waals surface area contributed by atoms with Gasteiger partial charge in [-0.1, -0.05) is 55.8 Å². The minimum atomic E-state index is -0.554. The van der Waals surface area contributed by atoms with Gasteiger partial charge in [-0.2, -0.15) is 5.26 Å². The van der Waals surface area contributed by atoms with Crippen LogP contribution in [-0.4, -0.2) is 6.29 Å². The largest absolute Gasteiger partial charge is 0.464 e. The fraction of sp³-hybridized carbons (Fsp3) is 0.350. The summed E-state index contributed by atoms with van der Waals surface area (Å²) in [6, 6.07) is 20.0. The van der Waals surface area contributed by atoms with Gasteiger partial charge in [-0.3, -0.25) is 0 Å². The average molecular weight is 309 g/mol. The normalized spacial score (nSPS) is 11.7. The van der Waals surface area contributed by atoms with Crippen molar-refractivity contribution in [1.82, 2.24) is 0 Å². The standard InChI is InChI=1S/C20H23NO2/c1-2-3-7-17-10-12-19(13-11-17)23-20(14-15-21)22-16-18-8-5-4-6-9-18/h4-6,8-13,20H,2-3,7,14,16H2,1H3. The second kappa shape index (κ2) is 9.66. The van der Waals surface area contributed by atoms with Crippen molar-refractivity contribution in [2.24, 2.45) is 0 Å². The van der Waals surface area contributed by atoms with E-state index in [-0.39, 0.29) is 6.42 Å². The Hall–Kier alpha value is -2.31. The number of nitrogens with zero attached hydrogens (tertiary/aromatic N) is 1. The molecule has 0 radical (unpaired) electrons. The van der Waals surface area contributed by atoms with Crippen LogP contribution >= 0.6 is 0 Å². The molecule has 0 heterocycles. The van der Waals surface area contributed by atoms with Gasteiger partial charge in [0.15, 0.2) is 0 Å². The molecule has 0 N–H and O–H groups in total. The Morgan fingerprint density at radius 3 is 2.39 bits per heavy atom. The van der Waals surface area contributed by atoms with Crippen molar-refractivity contribution in [1.29, 1.82) is 5.26 Å². The van der Waals surface area contributed by atoms with Gasteiger partial charge in [0.1, 0.15) is 5.75 Å². The zero-order valence-electron chi connectivity index (χ0n) is 13.6. The number of benzene rings is 2. The third kappa shape index (κ3) is 6.14. The predicted octanol–water partition coefficient (Wildman–Crippen LogP) is 4.86. The van der Waals surface area contributed by atoms with Crippen LogP contribution in [0.3, 0.4) is 0 Å². The smallest absolute Gasteiger partial charge is 0.213 e. The monoisotopic (exact) mass is 309 g/mol. The van der Waals surface area contributed by atoms with Gasteiger partial charge in [-0.25, -0.2) is 0 Å². The molecule has 0 amide bonds. The van der Waals surface area contributed by atoms with Crippen molar-refractivity contribution in [2.75, 3.05) is 0 Å². The Bertz CT molecular complexity index is 602. The molecule has 2 aromatic carbocycles. The second-order valence-corrected chi connectivity index (χ2v) is 5.45. The highest BCUT2D eigenvalue weighted by molar-refractivity contribution is 5.27. The fourth-order valence-corrected chi connectivity index (χ4v) is 2.24. The topological polar surface area (TPSA) is 42.2 Å². The molecule has 0 aliphatic heterocycles. The van der Waals surface area contributed by atoms with Crippen molar-refractivity contribution < 1.29 is 9.47 Å². The molecule has 2 rings (SSSR count). The summed E-state index contributed by atoms with van der Waals surface area (Å²) < 4.78 is 11.5. The number of hydrogen-bond donors (Lipinski definition) is 0. The molecule has 120 valence electrons. The van der Waals surface area contributed by atoms with Crippen molar-refractivity contribution in [3.63, 3.8) is 0 Å². The molecule has 0 saturated heterocycles. The zero-order valence-corrected chi connectivity index (χ0v) is 13.6. The van der Waals surface area contributed by atoms with E-state index in [0.717, 1.165) is 17.7 Å². The summed E-state index contributed by atoms with van der Waals surface area (Å²) in [6.45, 7) is 2.62. The summed E-state index contributed by atoms with van der Waals surface area (Å²) in [4.78, 5) is 0. The molecule has 2 aromatic rings. The molecule has 1 atom stereocenters. The third-order valence-corrected chi connectivity index (χ3v) is 3.55. The van der Waals surface area contributed by atoms with Gasteiger partial charge < -0.3 is 9.47 Å². The first-order chi connectivity index (χ1) is 11.3. The Balaban J connectivity index is 1.89. The van der Waals surface area contributed by atoms with E-state index in [1.165, 1.54) is 18.4 Å². The summed E-state index contributed by atoms with van der Waals surface area (Å²) in [5.74, 6) is 0.735. The SMILES string of the molecule is CCCCc1ccc(OC(CC#N)OCc2ccccc2)cc1. The van der Waals surface area contributed by atoms with Crippen LogP contribution in [0.1, 0.15) is 37.3 Å². The maximum absolute atomic E-state index is 8.94. The average Bonchev–Trinajstić information content (AvgIpc) is 2.60. The predicted molar refractivity (Wildman–Crippen MR) is 90.9 cm³/mol. The maximum atomic E-state index is 8.94. The van der Waals surface area contributed by atoms with Crippen molar-refractivity contribution >= 4 is 0 Å². The highest BCUT2D eigenvalue weighted by Gasteiger charge is 2.11. The van der Waals surface area contributed by atoms with Crippen LogP contribution in [0.4, 0.5) is 0 Å². The van der Waals surface area contributed by atoms with Crippen LogP contribution in [0.2, 0.25) is 0 Å².